The molecule has 15 heavy (non-hydrogen) atoms. The van der Waals surface area contributed by atoms with E-state index in [0.717, 1.165) is 34.5 Å². The first-order valence-corrected chi connectivity index (χ1v) is 6.77. The van der Waals surface area contributed by atoms with Gasteiger partial charge >= 0.3 is 0 Å². The number of nitrogens with one attached hydrogen (secondary N) is 1. The van der Waals surface area contributed by atoms with Crippen molar-refractivity contribution in [1.82, 2.24) is 5.32 Å². The number of furan rings is 1. The molecule has 0 amide bonds. The fraction of sp³-hybridized carbons (Fsp3) is 0.667. The van der Waals surface area contributed by atoms with Crippen molar-refractivity contribution in [2.75, 3.05) is 6.54 Å². The van der Waals surface area contributed by atoms with Crippen LogP contribution in [0.2, 0.25) is 0 Å². The van der Waals surface area contributed by atoms with Gasteiger partial charge in [0.05, 0.1) is 6.54 Å². The summed E-state index contributed by atoms with van der Waals surface area (Å²) >= 11 is 2.20. The van der Waals surface area contributed by atoms with Gasteiger partial charge in [-0.15, -0.1) is 0 Å². The molecule has 0 saturated heterocycles. The van der Waals surface area contributed by atoms with E-state index < -0.39 is 0 Å². The largest absolute Gasteiger partial charge is 0.454 e. The smallest absolute Gasteiger partial charge is 0.164 e. The molecule has 0 aliphatic heterocycles. The topological polar surface area (TPSA) is 25.2 Å². The van der Waals surface area contributed by atoms with Crippen molar-refractivity contribution in [2.24, 2.45) is 11.8 Å². The summed E-state index contributed by atoms with van der Waals surface area (Å²) in [7, 11) is 0. The average molecular weight is 319 g/mol. The Labute approximate surface area is 105 Å². The molecule has 84 valence electrons. The molecular formula is C12H18INO. The lowest BCUT2D eigenvalue weighted by Gasteiger charge is -2.09. The van der Waals surface area contributed by atoms with Crippen LogP contribution in [-0.4, -0.2) is 6.54 Å². The van der Waals surface area contributed by atoms with E-state index >= 15 is 0 Å². The van der Waals surface area contributed by atoms with Crippen LogP contribution < -0.4 is 5.32 Å². The highest BCUT2D eigenvalue weighted by Gasteiger charge is 2.20. The highest BCUT2D eigenvalue weighted by atomic mass is 127. The predicted molar refractivity (Wildman–Crippen MR) is 69.6 cm³/mol. The van der Waals surface area contributed by atoms with Gasteiger partial charge in [-0.2, -0.15) is 0 Å². The van der Waals surface area contributed by atoms with Crippen molar-refractivity contribution in [1.29, 1.82) is 0 Å². The molecule has 2 unspecified atom stereocenters. The predicted octanol–water partition coefficient (Wildman–Crippen LogP) is 3.41. The van der Waals surface area contributed by atoms with Gasteiger partial charge in [-0.1, -0.05) is 13.3 Å². The lowest BCUT2D eigenvalue weighted by molar-refractivity contribution is 0.427. The van der Waals surface area contributed by atoms with Crippen molar-refractivity contribution >= 4 is 22.6 Å². The van der Waals surface area contributed by atoms with Gasteiger partial charge in [-0.05, 0) is 65.9 Å². The van der Waals surface area contributed by atoms with Crippen LogP contribution in [0.25, 0.3) is 0 Å². The number of halogens is 1. The Balaban J connectivity index is 1.67. The first-order chi connectivity index (χ1) is 7.24. The molecule has 1 saturated carbocycles. The van der Waals surface area contributed by atoms with E-state index in [1.54, 1.807) is 0 Å². The van der Waals surface area contributed by atoms with E-state index in [-0.39, 0.29) is 0 Å². The van der Waals surface area contributed by atoms with Crippen molar-refractivity contribution in [3.63, 3.8) is 0 Å². The van der Waals surface area contributed by atoms with Gasteiger partial charge in [0.2, 0.25) is 0 Å². The Morgan fingerprint density at radius 1 is 1.47 bits per heavy atom. The first kappa shape index (κ1) is 11.5. The quantitative estimate of drug-likeness (QED) is 0.861. The summed E-state index contributed by atoms with van der Waals surface area (Å²) in [6.07, 6.45) is 4.19. The zero-order chi connectivity index (χ0) is 10.7. The normalized spacial score (nSPS) is 26.0. The maximum atomic E-state index is 5.49. The molecule has 3 heteroatoms. The standard InChI is InChI=1S/C12H18INO/c1-9-2-3-10(6-9)7-14-8-11-4-5-12(13)15-11/h4-5,9-10,14H,2-3,6-8H2,1H3. The molecular weight excluding hydrogens is 301 g/mol. The number of rotatable bonds is 4. The minimum Gasteiger partial charge on any atom is -0.454 e. The van der Waals surface area contributed by atoms with Crippen LogP contribution >= 0.6 is 22.6 Å². The molecule has 2 rings (SSSR count). The van der Waals surface area contributed by atoms with Gasteiger partial charge in [0, 0.05) is 0 Å². The summed E-state index contributed by atoms with van der Waals surface area (Å²) in [5, 5.41) is 3.48. The highest BCUT2D eigenvalue weighted by molar-refractivity contribution is 14.1. The fourth-order valence-corrected chi connectivity index (χ4v) is 2.82. The van der Waals surface area contributed by atoms with E-state index in [1.165, 1.54) is 19.3 Å². The lowest BCUT2D eigenvalue weighted by atomic mass is 10.1. The minimum atomic E-state index is 0.869. The van der Waals surface area contributed by atoms with E-state index in [2.05, 4.69) is 34.8 Å². The third-order valence-electron chi connectivity index (χ3n) is 3.16. The molecule has 2 nitrogen and oxygen atoms in total. The Bertz CT molecular complexity index is 310. The van der Waals surface area contributed by atoms with Crippen LogP contribution in [0.5, 0.6) is 0 Å². The van der Waals surface area contributed by atoms with Gasteiger partial charge in [0.15, 0.2) is 3.77 Å². The van der Waals surface area contributed by atoms with Gasteiger partial charge < -0.3 is 9.73 Å². The average Bonchev–Trinajstić information content (AvgIpc) is 2.76. The molecule has 1 aromatic rings. The van der Waals surface area contributed by atoms with E-state index in [9.17, 15) is 0 Å². The number of hydrogen-bond acceptors (Lipinski definition) is 2. The Kier molecular flexibility index (Phi) is 4.08. The molecule has 1 fully saturated rings. The van der Waals surface area contributed by atoms with Gasteiger partial charge in [-0.3, -0.25) is 0 Å². The number of hydrogen-bond donors (Lipinski definition) is 1. The fourth-order valence-electron chi connectivity index (χ4n) is 2.36. The van der Waals surface area contributed by atoms with Crippen LogP contribution in [0, 0.1) is 15.6 Å². The Morgan fingerprint density at radius 2 is 2.33 bits per heavy atom. The van der Waals surface area contributed by atoms with Crippen LogP contribution in [0.1, 0.15) is 31.9 Å². The monoisotopic (exact) mass is 319 g/mol. The second-order valence-corrected chi connectivity index (χ2v) is 5.68. The van der Waals surface area contributed by atoms with Crippen molar-refractivity contribution in [3.05, 3.63) is 21.7 Å². The second kappa shape index (κ2) is 5.34. The maximum absolute atomic E-state index is 5.49. The van der Waals surface area contributed by atoms with Crippen molar-refractivity contribution in [2.45, 2.75) is 32.7 Å². The second-order valence-electron chi connectivity index (χ2n) is 4.62. The molecule has 1 aliphatic carbocycles. The summed E-state index contributed by atoms with van der Waals surface area (Å²) in [6, 6.07) is 4.06. The third-order valence-corrected chi connectivity index (χ3v) is 3.74. The first-order valence-electron chi connectivity index (χ1n) is 5.69. The van der Waals surface area contributed by atoms with Crippen LogP contribution in [0.4, 0.5) is 0 Å². The lowest BCUT2D eigenvalue weighted by Crippen LogP contribution is -2.20. The Morgan fingerprint density at radius 3 is 2.93 bits per heavy atom. The maximum Gasteiger partial charge on any atom is 0.164 e. The summed E-state index contributed by atoms with van der Waals surface area (Å²) in [5.74, 6) is 2.86. The molecule has 0 radical (unpaired) electrons. The van der Waals surface area contributed by atoms with Gasteiger partial charge in [0.1, 0.15) is 5.76 Å². The molecule has 2 atom stereocenters. The summed E-state index contributed by atoms with van der Waals surface area (Å²) < 4.78 is 6.46. The molecule has 1 aromatic heterocycles. The van der Waals surface area contributed by atoms with Crippen LogP contribution in [0.15, 0.2) is 16.5 Å². The molecule has 0 bridgehead atoms. The van der Waals surface area contributed by atoms with Gasteiger partial charge in [0.25, 0.3) is 0 Å². The van der Waals surface area contributed by atoms with Crippen LogP contribution in [-0.2, 0) is 6.54 Å². The zero-order valence-corrected chi connectivity index (χ0v) is 11.3. The highest BCUT2D eigenvalue weighted by Crippen LogP contribution is 2.29. The summed E-state index contributed by atoms with van der Waals surface area (Å²) in [5.41, 5.74) is 0. The van der Waals surface area contributed by atoms with Crippen molar-refractivity contribution in [3.8, 4) is 0 Å². The minimum absolute atomic E-state index is 0.869. The molecule has 1 aliphatic rings. The van der Waals surface area contributed by atoms with E-state index in [1.807, 2.05) is 12.1 Å². The molecule has 1 heterocycles. The summed E-state index contributed by atoms with van der Waals surface area (Å²) in [4.78, 5) is 0. The third kappa shape index (κ3) is 3.48. The van der Waals surface area contributed by atoms with Gasteiger partial charge in [-0.25, -0.2) is 0 Å². The zero-order valence-electron chi connectivity index (χ0n) is 9.13. The molecule has 1 N–H and O–H groups in total. The Hall–Kier alpha value is -0.0300. The van der Waals surface area contributed by atoms with E-state index in [4.69, 9.17) is 4.42 Å². The summed E-state index contributed by atoms with van der Waals surface area (Å²) in [6.45, 7) is 4.37. The SMILES string of the molecule is CC1CCC(CNCc2ccc(I)o2)C1. The van der Waals surface area contributed by atoms with Crippen LogP contribution in [0.3, 0.4) is 0 Å². The molecule has 0 aromatic carbocycles. The molecule has 0 spiro atoms. The van der Waals surface area contributed by atoms with Crippen molar-refractivity contribution < 1.29 is 4.42 Å². The van der Waals surface area contributed by atoms with E-state index in [0.29, 0.717) is 0 Å².